The van der Waals surface area contributed by atoms with E-state index in [1.807, 2.05) is 0 Å². The molecular formula is C7H21O12Si8Y. The molecule has 0 spiro atoms. The maximum Gasteiger partial charge on any atom is 0.553 e. The van der Waals surface area contributed by atoms with Crippen LogP contribution < -0.4 is 0 Å². The second-order valence-corrected chi connectivity index (χ2v) is 29.9. The molecule has 6 aliphatic heterocycles. The first-order chi connectivity index (χ1) is 12.1. The first-order valence-corrected chi connectivity index (χ1v) is 25.2. The van der Waals surface area contributed by atoms with E-state index >= 15 is 0 Å². The summed E-state index contributed by atoms with van der Waals surface area (Å²) in [5.41, 5.74) is 0. The Balaban J connectivity index is 0.00000192. The van der Waals surface area contributed by atoms with Crippen molar-refractivity contribution in [1.29, 1.82) is 0 Å². The number of hydrogen-bond donors (Lipinski definition) is 0. The van der Waals surface area contributed by atoms with E-state index in [9.17, 15) is 0 Å². The van der Waals surface area contributed by atoms with E-state index in [0.717, 1.165) is 0 Å². The van der Waals surface area contributed by atoms with Gasteiger partial charge in [-0.2, -0.15) is 0 Å². The van der Waals surface area contributed by atoms with Crippen LogP contribution in [0.5, 0.6) is 0 Å². The van der Waals surface area contributed by atoms with E-state index in [1.54, 1.807) is 45.8 Å². The zero-order valence-electron chi connectivity index (χ0n) is 16.5. The number of rotatable bonds is 0. The molecule has 0 amide bonds. The molecule has 6 saturated heterocycles. The van der Waals surface area contributed by atoms with Gasteiger partial charge in [0.25, 0.3) is 0 Å². The van der Waals surface area contributed by atoms with Crippen molar-refractivity contribution >= 4 is 71.2 Å². The Morgan fingerprint density at radius 1 is 0.357 bits per heavy atom. The summed E-state index contributed by atoms with van der Waals surface area (Å²) in [5.74, 6) is 0. The van der Waals surface area contributed by atoms with Crippen LogP contribution in [0.25, 0.3) is 0 Å². The Labute approximate surface area is 197 Å². The standard InChI is InChI=1S/C7H21O12Si8.Y/c1-21-8-20-9-22(2)13-24(4,11-21)17-27(7)18-25(5,12-21)14-23(3,10-20)16-26(6,15-22)19-27;/h1-7H3;. The van der Waals surface area contributed by atoms with Crippen LogP contribution >= 0.6 is 0 Å². The zero-order valence-corrected chi connectivity index (χ0v) is 27.3. The van der Waals surface area contributed by atoms with Crippen LogP contribution in [0.4, 0.5) is 0 Å². The third-order valence-electron chi connectivity index (χ3n) is 4.14. The summed E-state index contributed by atoms with van der Waals surface area (Å²) >= 11 is 0. The van der Waals surface area contributed by atoms with Gasteiger partial charge in [0.2, 0.25) is 0 Å². The maximum atomic E-state index is 6.36. The summed E-state index contributed by atoms with van der Waals surface area (Å²) in [7, 11) is -25.9. The SMILES string of the molecule is C[Si]12O[Si]3O[Si]4(C)O[Si](C)(O1)O[Si]1(C)O[Si](C)(O2)O[Si](C)(O3)O[Si](C)(O4)O1.[Y]. The van der Waals surface area contributed by atoms with Crippen molar-refractivity contribution in [3.05, 3.63) is 0 Å². The molecule has 8 bridgehead atoms. The molecule has 2 radical (unpaired) electrons. The van der Waals surface area contributed by atoms with Crippen LogP contribution in [-0.4, -0.2) is 71.2 Å². The van der Waals surface area contributed by atoms with Crippen molar-refractivity contribution in [2.75, 3.05) is 0 Å². The summed E-state index contributed by atoms with van der Waals surface area (Å²) < 4.78 is 75.5. The van der Waals surface area contributed by atoms with Gasteiger partial charge >= 0.3 is 71.2 Å². The van der Waals surface area contributed by atoms with Gasteiger partial charge in [0, 0.05) is 78.5 Å². The summed E-state index contributed by atoms with van der Waals surface area (Å²) in [6.45, 7) is 12.2. The van der Waals surface area contributed by atoms with Gasteiger partial charge in [-0.05, 0) is 0 Å². The third kappa shape index (κ3) is 4.17. The third-order valence-corrected chi connectivity index (χ3v) is 37.3. The van der Waals surface area contributed by atoms with Crippen molar-refractivity contribution in [2.45, 2.75) is 45.8 Å². The van der Waals surface area contributed by atoms with Crippen molar-refractivity contribution < 1.29 is 82.1 Å². The molecule has 28 heavy (non-hydrogen) atoms. The van der Waals surface area contributed by atoms with Crippen molar-refractivity contribution in [3.63, 3.8) is 0 Å². The molecule has 0 aliphatic carbocycles. The first-order valence-electron chi connectivity index (χ1n) is 8.40. The van der Waals surface area contributed by atoms with Gasteiger partial charge in [-0.25, -0.2) is 0 Å². The minimum atomic E-state index is -3.38. The summed E-state index contributed by atoms with van der Waals surface area (Å²) in [6.07, 6.45) is 0. The minimum Gasteiger partial charge on any atom is -0.374 e. The molecule has 6 heterocycles. The average Bonchev–Trinajstić information content (AvgIpc) is 2.24. The molecule has 0 unspecified atom stereocenters. The van der Waals surface area contributed by atoms with E-state index in [0.29, 0.717) is 0 Å². The fourth-order valence-electron chi connectivity index (χ4n) is 3.99. The summed E-state index contributed by atoms with van der Waals surface area (Å²) in [5, 5.41) is 0. The zero-order chi connectivity index (χ0) is 19.6. The van der Waals surface area contributed by atoms with Crippen molar-refractivity contribution in [1.82, 2.24) is 0 Å². The average molecular weight is 611 g/mol. The largest absolute Gasteiger partial charge is 0.553 e. The van der Waals surface area contributed by atoms with Gasteiger partial charge < -0.3 is 49.4 Å². The molecule has 0 aromatic carbocycles. The molecule has 0 saturated carbocycles. The van der Waals surface area contributed by atoms with E-state index in [2.05, 4.69) is 0 Å². The van der Waals surface area contributed by atoms with Gasteiger partial charge in [0.1, 0.15) is 0 Å². The van der Waals surface area contributed by atoms with Gasteiger partial charge in [-0.1, -0.05) is 0 Å². The van der Waals surface area contributed by atoms with Crippen molar-refractivity contribution in [3.8, 4) is 0 Å². The topological polar surface area (TPSA) is 111 Å². The summed E-state index contributed by atoms with van der Waals surface area (Å²) in [6, 6.07) is 0. The van der Waals surface area contributed by atoms with Crippen LogP contribution in [0.1, 0.15) is 0 Å². The molecule has 156 valence electrons. The molecule has 21 heteroatoms. The van der Waals surface area contributed by atoms with Gasteiger partial charge in [0.15, 0.2) is 0 Å². The molecule has 12 nitrogen and oxygen atoms in total. The first kappa shape index (κ1) is 23.5. The molecule has 6 aliphatic rings. The molecule has 0 aromatic rings. The van der Waals surface area contributed by atoms with Crippen molar-refractivity contribution in [2.24, 2.45) is 0 Å². The predicted octanol–water partition coefficient (Wildman–Crippen LogP) is 0.217. The van der Waals surface area contributed by atoms with Crippen LogP contribution in [0.2, 0.25) is 45.8 Å². The Bertz CT molecular complexity index is 593. The van der Waals surface area contributed by atoms with Crippen LogP contribution in [-0.2, 0) is 82.1 Å². The monoisotopic (exact) mass is 610 g/mol. The van der Waals surface area contributed by atoms with Crippen LogP contribution in [0, 0.1) is 0 Å². The Hall–Kier alpha value is 2.36. The number of hydrogen-bond acceptors (Lipinski definition) is 12. The molecule has 0 aromatic heterocycles. The fourth-order valence-corrected chi connectivity index (χ4v) is 44.9. The predicted molar refractivity (Wildman–Crippen MR) is 100 cm³/mol. The smallest absolute Gasteiger partial charge is 0.374 e. The quantitative estimate of drug-likeness (QED) is 0.350. The molecular weight excluding hydrogens is 590 g/mol. The second-order valence-electron chi connectivity index (χ2n) is 7.51. The van der Waals surface area contributed by atoms with Gasteiger partial charge in [0.05, 0.1) is 0 Å². The normalized spacial score (nSPS) is 61.0. The van der Waals surface area contributed by atoms with E-state index in [1.165, 1.54) is 0 Å². The fraction of sp³-hybridized carbons (Fsp3) is 1.00. The van der Waals surface area contributed by atoms with E-state index in [-0.39, 0.29) is 32.7 Å². The molecule has 6 rings (SSSR count). The Kier molecular flexibility index (Phi) is 5.63. The van der Waals surface area contributed by atoms with E-state index in [4.69, 9.17) is 49.4 Å². The molecule has 6 fully saturated rings. The Morgan fingerprint density at radius 2 is 0.536 bits per heavy atom. The summed E-state index contributed by atoms with van der Waals surface area (Å²) in [4.78, 5) is 0. The van der Waals surface area contributed by atoms with Crippen LogP contribution in [0.15, 0.2) is 0 Å². The molecule has 0 atom stereocenters. The van der Waals surface area contributed by atoms with Crippen LogP contribution in [0.3, 0.4) is 0 Å². The maximum absolute atomic E-state index is 6.36. The second kappa shape index (κ2) is 6.70. The Morgan fingerprint density at radius 3 is 0.750 bits per heavy atom. The molecule has 0 N–H and O–H groups in total. The van der Waals surface area contributed by atoms with Gasteiger partial charge in [-0.15, -0.1) is 0 Å². The van der Waals surface area contributed by atoms with Gasteiger partial charge in [-0.3, -0.25) is 0 Å². The minimum absolute atomic E-state index is 0. The van der Waals surface area contributed by atoms with E-state index < -0.39 is 71.2 Å².